The largest absolute Gasteiger partial charge is 0.491 e. The second-order valence-electron chi connectivity index (χ2n) is 8.52. The average molecular weight is 435 g/mol. The molecule has 1 atom stereocenters. The van der Waals surface area contributed by atoms with Crippen LogP contribution in [0.1, 0.15) is 18.4 Å². The van der Waals surface area contributed by atoms with E-state index in [0.717, 1.165) is 53.4 Å². The average Bonchev–Trinajstić information content (AvgIpc) is 2.82. The first-order valence-corrected chi connectivity index (χ1v) is 11.1. The van der Waals surface area contributed by atoms with Crippen LogP contribution in [0.25, 0.3) is 21.9 Å². The van der Waals surface area contributed by atoms with Gasteiger partial charge in [-0.2, -0.15) is 0 Å². The van der Waals surface area contributed by atoms with E-state index in [1.54, 1.807) is 0 Å². The summed E-state index contributed by atoms with van der Waals surface area (Å²) in [6.45, 7) is 2.27. The summed E-state index contributed by atoms with van der Waals surface area (Å²) in [4.78, 5) is 13.4. The molecule has 3 aromatic carbocycles. The number of nitrogens with zero attached hydrogens (tertiary/aromatic N) is 1. The summed E-state index contributed by atoms with van der Waals surface area (Å²) < 4.78 is 5.88. The van der Waals surface area contributed by atoms with Gasteiger partial charge in [0, 0.05) is 12.5 Å². The van der Waals surface area contributed by atoms with Gasteiger partial charge in [0.15, 0.2) is 0 Å². The molecule has 32 heavy (non-hydrogen) atoms. The summed E-state index contributed by atoms with van der Waals surface area (Å²) in [5, 5.41) is 22.0. The highest BCUT2D eigenvalue weighted by Crippen LogP contribution is 2.28. The van der Waals surface area contributed by atoms with Gasteiger partial charge in [-0.05, 0) is 77.7 Å². The van der Waals surface area contributed by atoms with Crippen molar-refractivity contribution in [3.8, 4) is 16.9 Å². The minimum atomic E-state index is -0.608. The molecule has 1 fully saturated rings. The topological polar surface area (TPSA) is 96.0 Å². The number of hydrogen-bond donors (Lipinski definition) is 3. The molecule has 1 heterocycles. The van der Waals surface area contributed by atoms with Crippen molar-refractivity contribution in [2.75, 3.05) is 26.2 Å². The molecule has 0 aliphatic carbocycles. The van der Waals surface area contributed by atoms with Gasteiger partial charge in [0.2, 0.25) is 5.91 Å². The molecule has 1 saturated heterocycles. The van der Waals surface area contributed by atoms with Crippen molar-refractivity contribution in [2.45, 2.75) is 25.6 Å². The van der Waals surface area contributed by atoms with Crippen LogP contribution in [0.15, 0.2) is 60.7 Å². The quantitative estimate of drug-likeness (QED) is 0.507. The van der Waals surface area contributed by atoms with E-state index in [2.05, 4.69) is 23.1 Å². The number of nitrogens with two attached hydrogens (primary N) is 1. The van der Waals surface area contributed by atoms with Gasteiger partial charge in [0.1, 0.15) is 18.5 Å². The number of hydrogen-bond acceptors (Lipinski definition) is 5. The fourth-order valence-electron chi connectivity index (χ4n) is 4.29. The third-order valence-electron chi connectivity index (χ3n) is 6.16. The molecule has 1 unspecified atom stereocenters. The van der Waals surface area contributed by atoms with Crippen LogP contribution >= 0.6 is 0 Å². The molecular formula is C26H30N2O4. The van der Waals surface area contributed by atoms with Gasteiger partial charge >= 0.3 is 0 Å². The van der Waals surface area contributed by atoms with Crippen molar-refractivity contribution in [2.24, 2.45) is 11.7 Å². The number of aliphatic hydroxyl groups is 2. The first-order valence-electron chi connectivity index (χ1n) is 11.1. The summed E-state index contributed by atoms with van der Waals surface area (Å²) in [6, 6.07) is 20.0. The summed E-state index contributed by atoms with van der Waals surface area (Å²) in [5.41, 5.74) is 8.40. The molecule has 1 aliphatic rings. The smallest absolute Gasteiger partial charge is 0.220 e. The fourth-order valence-corrected chi connectivity index (χ4v) is 4.29. The normalized spacial score (nSPS) is 16.2. The second kappa shape index (κ2) is 10.1. The van der Waals surface area contributed by atoms with Gasteiger partial charge in [0.25, 0.3) is 0 Å². The lowest BCUT2D eigenvalue weighted by Gasteiger charge is -2.31. The Kier molecular flexibility index (Phi) is 7.05. The SMILES string of the molecule is NC(=O)C1CCN(CC(O)COc2ccc3ccc(-c4cccc(CO)c4)cc3c2)CC1. The highest BCUT2D eigenvalue weighted by atomic mass is 16.5. The van der Waals surface area contributed by atoms with E-state index < -0.39 is 6.10 Å². The van der Waals surface area contributed by atoms with E-state index in [9.17, 15) is 15.0 Å². The number of carbonyl (C=O) groups is 1. The van der Waals surface area contributed by atoms with Gasteiger partial charge < -0.3 is 25.6 Å². The standard InChI is InChI=1S/C26H30N2O4/c27-26(31)20-8-10-28(11-9-20)15-24(30)17-32-25-7-6-19-4-5-22(13-23(19)14-25)21-3-1-2-18(12-21)16-29/h1-7,12-14,20,24,29-30H,8-11,15-17H2,(H2,27,31). The van der Waals surface area contributed by atoms with Crippen molar-refractivity contribution in [1.29, 1.82) is 0 Å². The number of fused-ring (bicyclic) bond motifs is 1. The van der Waals surface area contributed by atoms with Crippen molar-refractivity contribution in [3.05, 3.63) is 66.2 Å². The Balaban J connectivity index is 1.37. The summed E-state index contributed by atoms with van der Waals surface area (Å²) in [5.74, 6) is 0.438. The Morgan fingerprint density at radius 1 is 1.03 bits per heavy atom. The van der Waals surface area contributed by atoms with Crippen LogP contribution in [0.3, 0.4) is 0 Å². The van der Waals surface area contributed by atoms with Gasteiger partial charge in [-0.15, -0.1) is 0 Å². The van der Waals surface area contributed by atoms with Crippen LogP contribution < -0.4 is 10.5 Å². The number of carbonyl (C=O) groups excluding carboxylic acids is 1. The summed E-state index contributed by atoms with van der Waals surface area (Å²) in [6.07, 6.45) is 0.886. The molecule has 0 saturated carbocycles. The molecule has 0 radical (unpaired) electrons. The number of rotatable bonds is 8. The van der Waals surface area contributed by atoms with Gasteiger partial charge in [-0.1, -0.05) is 36.4 Å². The molecule has 6 nitrogen and oxygen atoms in total. The van der Waals surface area contributed by atoms with Gasteiger partial charge in [-0.25, -0.2) is 0 Å². The predicted octanol–water partition coefficient (Wildman–Crippen LogP) is 2.94. The zero-order valence-electron chi connectivity index (χ0n) is 18.1. The van der Waals surface area contributed by atoms with Crippen LogP contribution in [-0.4, -0.2) is 53.4 Å². The van der Waals surface area contributed by atoms with E-state index in [-0.39, 0.29) is 25.0 Å². The molecule has 0 spiro atoms. The molecule has 0 bridgehead atoms. The molecule has 6 heteroatoms. The van der Waals surface area contributed by atoms with Gasteiger partial charge in [0.05, 0.1) is 6.61 Å². The van der Waals surface area contributed by atoms with Crippen molar-refractivity contribution >= 4 is 16.7 Å². The van der Waals surface area contributed by atoms with Crippen molar-refractivity contribution < 1.29 is 19.7 Å². The van der Waals surface area contributed by atoms with Crippen LogP contribution in [0.5, 0.6) is 5.75 Å². The minimum Gasteiger partial charge on any atom is -0.491 e. The van der Waals surface area contributed by atoms with Gasteiger partial charge in [-0.3, -0.25) is 4.79 Å². The summed E-state index contributed by atoms with van der Waals surface area (Å²) in [7, 11) is 0. The maximum atomic E-state index is 11.3. The molecular weight excluding hydrogens is 404 g/mol. The third-order valence-corrected chi connectivity index (χ3v) is 6.16. The Bertz CT molecular complexity index is 1080. The summed E-state index contributed by atoms with van der Waals surface area (Å²) >= 11 is 0. The monoisotopic (exact) mass is 434 g/mol. The Hall–Kier alpha value is -2.93. The molecule has 4 N–H and O–H groups in total. The van der Waals surface area contributed by atoms with E-state index in [4.69, 9.17) is 10.5 Å². The number of aliphatic hydroxyl groups excluding tert-OH is 2. The van der Waals surface area contributed by atoms with E-state index in [1.165, 1.54) is 0 Å². The van der Waals surface area contributed by atoms with E-state index in [0.29, 0.717) is 12.3 Å². The van der Waals surface area contributed by atoms with Crippen LogP contribution in [-0.2, 0) is 11.4 Å². The van der Waals surface area contributed by atoms with E-state index >= 15 is 0 Å². The molecule has 0 aromatic heterocycles. The number of ether oxygens (including phenoxy) is 1. The van der Waals surface area contributed by atoms with E-state index in [1.807, 2.05) is 42.5 Å². The highest BCUT2D eigenvalue weighted by molar-refractivity contribution is 5.88. The Morgan fingerprint density at radius 3 is 2.53 bits per heavy atom. The lowest BCUT2D eigenvalue weighted by molar-refractivity contribution is -0.123. The van der Waals surface area contributed by atoms with Crippen LogP contribution in [0.4, 0.5) is 0 Å². The lowest BCUT2D eigenvalue weighted by atomic mass is 9.96. The number of benzene rings is 3. The number of primary amides is 1. The Labute approximate surface area is 188 Å². The first-order chi connectivity index (χ1) is 15.5. The number of β-amino-alcohol motifs (C(OH)–C–C–N with tert-alkyl or cyclic N) is 1. The molecule has 3 aromatic rings. The maximum absolute atomic E-state index is 11.3. The lowest BCUT2D eigenvalue weighted by Crippen LogP contribution is -2.43. The minimum absolute atomic E-state index is 0.0187. The number of amides is 1. The second-order valence-corrected chi connectivity index (χ2v) is 8.52. The van der Waals surface area contributed by atoms with Crippen LogP contribution in [0, 0.1) is 5.92 Å². The number of piperidine rings is 1. The van der Waals surface area contributed by atoms with Crippen molar-refractivity contribution in [1.82, 2.24) is 4.90 Å². The fraction of sp³-hybridized carbons (Fsp3) is 0.346. The zero-order chi connectivity index (χ0) is 22.5. The highest BCUT2D eigenvalue weighted by Gasteiger charge is 2.24. The molecule has 1 aliphatic heterocycles. The maximum Gasteiger partial charge on any atom is 0.220 e. The molecule has 1 amide bonds. The van der Waals surface area contributed by atoms with Crippen molar-refractivity contribution in [3.63, 3.8) is 0 Å². The number of likely N-dealkylation sites (tertiary alicyclic amines) is 1. The van der Waals surface area contributed by atoms with Crippen LogP contribution in [0.2, 0.25) is 0 Å². The third kappa shape index (κ3) is 5.46. The predicted molar refractivity (Wildman–Crippen MR) is 125 cm³/mol. The molecule has 4 rings (SSSR count). The Morgan fingerprint density at radius 2 is 1.78 bits per heavy atom. The zero-order valence-corrected chi connectivity index (χ0v) is 18.1. The first kappa shape index (κ1) is 22.3. The molecule has 168 valence electrons.